The highest BCUT2D eigenvalue weighted by Crippen LogP contribution is 2.26. The van der Waals surface area contributed by atoms with Crippen LogP contribution in [0.25, 0.3) is 0 Å². The number of ether oxygens (including phenoxy) is 2. The molecule has 0 heterocycles. The molecule has 0 fully saturated rings. The fraction of sp³-hybridized carbons (Fsp3) is 0.562. The third kappa shape index (κ3) is 4.93. The van der Waals surface area contributed by atoms with Crippen LogP contribution in [0.5, 0.6) is 11.5 Å². The quantitative estimate of drug-likeness (QED) is 0.808. The topological polar surface area (TPSA) is 67.8 Å². The van der Waals surface area contributed by atoms with Gasteiger partial charge >= 0.3 is 0 Å². The first kappa shape index (κ1) is 17.3. The molecule has 0 atom stereocenters. The summed E-state index contributed by atoms with van der Waals surface area (Å²) in [6.07, 6.45) is 0. The summed E-state index contributed by atoms with van der Waals surface area (Å²) >= 11 is 0. The molecule has 1 amide bonds. The summed E-state index contributed by atoms with van der Waals surface area (Å²) in [5.74, 6) is 0.832. The van der Waals surface area contributed by atoms with Gasteiger partial charge in [-0.1, -0.05) is 12.1 Å². The molecule has 1 aromatic rings. The standard InChI is InChI=1S/C16H25NO4/c1-6-20-12-9-7-8-10-13(12)21-11-14(18)17-15(2,3)16(4,5)19/h7-10,19H,6,11H2,1-5H3,(H,17,18). The molecule has 0 aliphatic carbocycles. The molecule has 0 saturated carbocycles. The summed E-state index contributed by atoms with van der Waals surface area (Å²) in [5.41, 5.74) is -1.79. The second kappa shape index (κ2) is 6.80. The molecule has 0 aromatic heterocycles. The zero-order valence-corrected chi connectivity index (χ0v) is 13.4. The Morgan fingerprint density at radius 1 is 1.14 bits per heavy atom. The normalized spacial score (nSPS) is 11.9. The average Bonchev–Trinajstić information content (AvgIpc) is 2.36. The van der Waals surface area contributed by atoms with Crippen LogP contribution >= 0.6 is 0 Å². The Hall–Kier alpha value is -1.75. The molecule has 21 heavy (non-hydrogen) atoms. The Balaban J connectivity index is 2.62. The minimum absolute atomic E-state index is 0.135. The van der Waals surface area contributed by atoms with Gasteiger partial charge in [0.1, 0.15) is 0 Å². The molecule has 0 spiro atoms. The smallest absolute Gasteiger partial charge is 0.258 e. The van der Waals surface area contributed by atoms with Crippen molar-refractivity contribution in [2.75, 3.05) is 13.2 Å². The molecule has 0 bridgehead atoms. The highest BCUT2D eigenvalue weighted by Gasteiger charge is 2.36. The van der Waals surface area contributed by atoms with E-state index in [1.165, 1.54) is 0 Å². The molecule has 5 heteroatoms. The second-order valence-electron chi connectivity index (χ2n) is 5.90. The van der Waals surface area contributed by atoms with Crippen LogP contribution < -0.4 is 14.8 Å². The number of amides is 1. The van der Waals surface area contributed by atoms with Gasteiger partial charge in [0.25, 0.3) is 5.91 Å². The first-order chi connectivity index (χ1) is 9.67. The SMILES string of the molecule is CCOc1ccccc1OCC(=O)NC(C)(C)C(C)(C)O. The third-order valence-electron chi connectivity index (χ3n) is 3.49. The maximum absolute atomic E-state index is 12.0. The molecule has 0 unspecified atom stereocenters. The number of para-hydroxylation sites is 2. The minimum Gasteiger partial charge on any atom is -0.490 e. The number of carbonyl (C=O) groups is 1. The van der Waals surface area contributed by atoms with Gasteiger partial charge in [0.2, 0.25) is 0 Å². The van der Waals surface area contributed by atoms with E-state index in [1.807, 2.05) is 19.1 Å². The van der Waals surface area contributed by atoms with Crippen LogP contribution in [-0.2, 0) is 4.79 Å². The molecule has 1 rings (SSSR count). The summed E-state index contributed by atoms with van der Waals surface area (Å²) in [4.78, 5) is 12.0. The second-order valence-corrected chi connectivity index (χ2v) is 5.90. The number of aliphatic hydroxyl groups is 1. The molecule has 5 nitrogen and oxygen atoms in total. The Morgan fingerprint density at radius 2 is 1.67 bits per heavy atom. The van der Waals surface area contributed by atoms with E-state index in [2.05, 4.69) is 5.32 Å². The van der Waals surface area contributed by atoms with E-state index in [4.69, 9.17) is 9.47 Å². The lowest BCUT2D eigenvalue weighted by Gasteiger charge is -2.37. The van der Waals surface area contributed by atoms with Gasteiger partial charge in [0.15, 0.2) is 18.1 Å². The van der Waals surface area contributed by atoms with Crippen molar-refractivity contribution in [1.29, 1.82) is 0 Å². The molecule has 0 saturated heterocycles. The lowest BCUT2D eigenvalue weighted by atomic mass is 9.86. The van der Waals surface area contributed by atoms with Crippen molar-refractivity contribution in [1.82, 2.24) is 5.32 Å². The van der Waals surface area contributed by atoms with Crippen LogP contribution in [0.1, 0.15) is 34.6 Å². The summed E-state index contributed by atoms with van der Waals surface area (Å²) < 4.78 is 10.9. The van der Waals surface area contributed by atoms with E-state index in [0.29, 0.717) is 18.1 Å². The fourth-order valence-electron chi connectivity index (χ4n) is 1.53. The zero-order chi connectivity index (χ0) is 16.1. The Labute approximate surface area is 126 Å². The van der Waals surface area contributed by atoms with Crippen molar-refractivity contribution >= 4 is 5.91 Å². The molecule has 0 aliphatic rings. The van der Waals surface area contributed by atoms with Crippen LogP contribution in [0, 0.1) is 0 Å². The van der Waals surface area contributed by atoms with E-state index in [-0.39, 0.29) is 12.5 Å². The van der Waals surface area contributed by atoms with Crippen molar-refractivity contribution in [2.24, 2.45) is 0 Å². The summed E-state index contributed by atoms with van der Waals surface area (Å²) in [6.45, 7) is 9.10. The Kier molecular flexibility index (Phi) is 5.61. The van der Waals surface area contributed by atoms with Crippen molar-refractivity contribution in [3.63, 3.8) is 0 Å². The monoisotopic (exact) mass is 295 g/mol. The first-order valence-corrected chi connectivity index (χ1v) is 7.05. The van der Waals surface area contributed by atoms with Gasteiger partial charge in [-0.25, -0.2) is 0 Å². The van der Waals surface area contributed by atoms with Gasteiger partial charge in [-0.15, -0.1) is 0 Å². The number of hydrogen-bond acceptors (Lipinski definition) is 4. The highest BCUT2D eigenvalue weighted by atomic mass is 16.5. The van der Waals surface area contributed by atoms with Gasteiger partial charge in [-0.2, -0.15) is 0 Å². The Morgan fingerprint density at radius 3 is 2.14 bits per heavy atom. The zero-order valence-electron chi connectivity index (χ0n) is 13.4. The first-order valence-electron chi connectivity index (χ1n) is 7.05. The van der Waals surface area contributed by atoms with Gasteiger partial charge in [0.05, 0.1) is 17.7 Å². The van der Waals surface area contributed by atoms with E-state index >= 15 is 0 Å². The average molecular weight is 295 g/mol. The number of carbonyl (C=O) groups excluding carboxylic acids is 1. The van der Waals surface area contributed by atoms with Gasteiger partial charge in [-0.05, 0) is 46.8 Å². The van der Waals surface area contributed by atoms with Crippen molar-refractivity contribution < 1.29 is 19.4 Å². The molecule has 0 aliphatic heterocycles. The molecule has 2 N–H and O–H groups in total. The number of benzene rings is 1. The number of rotatable bonds is 7. The maximum Gasteiger partial charge on any atom is 0.258 e. The predicted molar refractivity (Wildman–Crippen MR) is 81.6 cm³/mol. The van der Waals surface area contributed by atoms with E-state index < -0.39 is 11.1 Å². The lowest BCUT2D eigenvalue weighted by Crippen LogP contribution is -2.58. The van der Waals surface area contributed by atoms with Crippen molar-refractivity contribution in [3.05, 3.63) is 24.3 Å². The summed E-state index contributed by atoms with van der Waals surface area (Å²) in [5, 5.41) is 12.8. The van der Waals surface area contributed by atoms with Crippen LogP contribution in [-0.4, -0.2) is 35.4 Å². The number of nitrogens with one attached hydrogen (secondary N) is 1. The van der Waals surface area contributed by atoms with Crippen LogP contribution in [0.3, 0.4) is 0 Å². The summed E-state index contributed by atoms with van der Waals surface area (Å²) in [7, 11) is 0. The fourth-order valence-corrected chi connectivity index (χ4v) is 1.53. The molecule has 0 radical (unpaired) electrons. The van der Waals surface area contributed by atoms with Crippen molar-refractivity contribution in [2.45, 2.75) is 45.8 Å². The van der Waals surface area contributed by atoms with E-state index in [1.54, 1.807) is 39.8 Å². The van der Waals surface area contributed by atoms with Crippen LogP contribution in [0.15, 0.2) is 24.3 Å². The van der Waals surface area contributed by atoms with Gasteiger partial charge in [0, 0.05) is 0 Å². The minimum atomic E-state index is -1.04. The molecular formula is C16H25NO4. The Bertz CT molecular complexity index is 477. The molecule has 1 aromatic carbocycles. The van der Waals surface area contributed by atoms with Crippen molar-refractivity contribution in [3.8, 4) is 11.5 Å². The van der Waals surface area contributed by atoms with Gasteiger partial charge in [-0.3, -0.25) is 4.79 Å². The van der Waals surface area contributed by atoms with E-state index in [9.17, 15) is 9.90 Å². The third-order valence-corrected chi connectivity index (χ3v) is 3.49. The molecule has 118 valence electrons. The number of hydrogen-bond donors (Lipinski definition) is 2. The highest BCUT2D eigenvalue weighted by molar-refractivity contribution is 5.78. The predicted octanol–water partition coefficient (Wildman–Crippen LogP) is 2.13. The maximum atomic E-state index is 12.0. The summed E-state index contributed by atoms with van der Waals surface area (Å²) in [6, 6.07) is 7.20. The largest absolute Gasteiger partial charge is 0.490 e. The van der Waals surface area contributed by atoms with Crippen LogP contribution in [0.2, 0.25) is 0 Å². The van der Waals surface area contributed by atoms with Gasteiger partial charge < -0.3 is 19.9 Å². The van der Waals surface area contributed by atoms with E-state index in [0.717, 1.165) is 0 Å². The van der Waals surface area contributed by atoms with Crippen LogP contribution in [0.4, 0.5) is 0 Å². The molecular weight excluding hydrogens is 270 g/mol. The lowest BCUT2D eigenvalue weighted by molar-refractivity contribution is -0.128.